The summed E-state index contributed by atoms with van der Waals surface area (Å²) < 4.78 is 0. The minimum Gasteiger partial charge on any atom is -0.505 e. The molecule has 1 aliphatic heterocycles. The summed E-state index contributed by atoms with van der Waals surface area (Å²) in [4.78, 5) is 15.7. The average Bonchev–Trinajstić information content (AvgIpc) is 3.06. The Morgan fingerprint density at radius 1 is 1.19 bits per heavy atom. The number of β-amino-alcohol motifs (C(OH)–C–C–N with tert-alkyl or cyclic N) is 1. The number of nitrogens with two attached hydrogens (primary N) is 1. The van der Waals surface area contributed by atoms with Crippen LogP contribution in [0.2, 0.25) is 0 Å². The number of aliphatic hydroxyl groups excluding tert-OH is 1. The quantitative estimate of drug-likeness (QED) is 0.479. The van der Waals surface area contributed by atoms with E-state index in [2.05, 4.69) is 19.9 Å². The van der Waals surface area contributed by atoms with Gasteiger partial charge in [0.25, 0.3) is 0 Å². The van der Waals surface area contributed by atoms with Crippen LogP contribution in [0.5, 0.6) is 5.75 Å². The molecule has 134 valence electrons. The van der Waals surface area contributed by atoms with Crippen molar-refractivity contribution in [3.8, 4) is 17.1 Å². The van der Waals surface area contributed by atoms with Gasteiger partial charge in [-0.1, -0.05) is 0 Å². The van der Waals surface area contributed by atoms with Crippen LogP contribution >= 0.6 is 0 Å². The number of benzene rings is 1. The Labute approximate surface area is 151 Å². The number of nitrogens with zero attached hydrogens (tertiary/aromatic N) is 4. The SMILES string of the molecule is Cc1cc(N)c(O)c(C)c1-c1ncc2cc(N3CC[C@H](O)C3)ncc2n1. The Morgan fingerprint density at radius 3 is 2.73 bits per heavy atom. The fraction of sp³-hybridized carbons (Fsp3) is 0.316. The number of rotatable bonds is 2. The van der Waals surface area contributed by atoms with Crippen molar-refractivity contribution in [1.82, 2.24) is 15.0 Å². The van der Waals surface area contributed by atoms with Crippen LogP contribution in [-0.4, -0.2) is 44.4 Å². The van der Waals surface area contributed by atoms with Crippen LogP contribution in [-0.2, 0) is 0 Å². The van der Waals surface area contributed by atoms with Crippen molar-refractivity contribution >= 4 is 22.4 Å². The molecule has 7 nitrogen and oxygen atoms in total. The molecule has 0 amide bonds. The Hall–Kier alpha value is -2.93. The molecular weight excluding hydrogens is 330 g/mol. The lowest BCUT2D eigenvalue weighted by atomic mass is 10.00. The summed E-state index contributed by atoms with van der Waals surface area (Å²) in [6, 6.07) is 3.67. The van der Waals surface area contributed by atoms with Crippen molar-refractivity contribution < 1.29 is 10.2 Å². The maximum Gasteiger partial charge on any atom is 0.160 e. The number of aromatic hydroxyl groups is 1. The van der Waals surface area contributed by atoms with E-state index in [0.29, 0.717) is 23.6 Å². The molecule has 0 spiro atoms. The summed E-state index contributed by atoms with van der Waals surface area (Å²) in [6.07, 6.45) is 3.95. The van der Waals surface area contributed by atoms with Crippen molar-refractivity contribution in [2.45, 2.75) is 26.4 Å². The summed E-state index contributed by atoms with van der Waals surface area (Å²) >= 11 is 0. The fourth-order valence-corrected chi connectivity index (χ4v) is 3.51. The van der Waals surface area contributed by atoms with Gasteiger partial charge in [-0.05, 0) is 38.0 Å². The third kappa shape index (κ3) is 2.70. The highest BCUT2D eigenvalue weighted by atomic mass is 16.3. The third-order valence-electron chi connectivity index (χ3n) is 4.93. The van der Waals surface area contributed by atoms with Gasteiger partial charge in [0.05, 0.1) is 23.5 Å². The van der Waals surface area contributed by atoms with Crippen LogP contribution in [0.15, 0.2) is 24.5 Å². The van der Waals surface area contributed by atoms with E-state index < -0.39 is 0 Å². The number of hydrogen-bond donors (Lipinski definition) is 3. The summed E-state index contributed by atoms with van der Waals surface area (Å²) in [5, 5.41) is 20.7. The number of aryl methyl sites for hydroxylation is 1. The van der Waals surface area contributed by atoms with Gasteiger partial charge in [-0.25, -0.2) is 15.0 Å². The molecule has 26 heavy (non-hydrogen) atoms. The summed E-state index contributed by atoms with van der Waals surface area (Å²) in [5.74, 6) is 1.42. The Balaban J connectivity index is 1.77. The van der Waals surface area contributed by atoms with Gasteiger partial charge in [0.1, 0.15) is 11.6 Å². The van der Waals surface area contributed by atoms with E-state index in [1.807, 2.05) is 19.9 Å². The van der Waals surface area contributed by atoms with Crippen molar-refractivity contribution in [3.63, 3.8) is 0 Å². The Bertz CT molecular complexity index is 1000. The van der Waals surface area contributed by atoms with Gasteiger partial charge < -0.3 is 20.8 Å². The van der Waals surface area contributed by atoms with Gasteiger partial charge in [0, 0.05) is 35.8 Å². The monoisotopic (exact) mass is 351 g/mol. The van der Waals surface area contributed by atoms with E-state index in [-0.39, 0.29) is 11.9 Å². The highest BCUT2D eigenvalue weighted by Crippen LogP contribution is 2.35. The molecule has 0 aliphatic carbocycles. The molecule has 0 radical (unpaired) electrons. The fourth-order valence-electron chi connectivity index (χ4n) is 3.51. The van der Waals surface area contributed by atoms with Gasteiger partial charge in [-0.15, -0.1) is 0 Å². The van der Waals surface area contributed by atoms with Crippen LogP contribution in [0.1, 0.15) is 17.5 Å². The van der Waals surface area contributed by atoms with Crippen molar-refractivity contribution in [2.24, 2.45) is 0 Å². The van der Waals surface area contributed by atoms with Crippen molar-refractivity contribution in [3.05, 3.63) is 35.7 Å². The molecule has 4 N–H and O–H groups in total. The molecule has 3 aromatic rings. The molecule has 0 saturated carbocycles. The summed E-state index contributed by atoms with van der Waals surface area (Å²) in [6.45, 7) is 5.12. The van der Waals surface area contributed by atoms with E-state index >= 15 is 0 Å². The van der Waals surface area contributed by atoms with E-state index in [4.69, 9.17) is 5.73 Å². The lowest BCUT2D eigenvalue weighted by Crippen LogP contribution is -2.22. The van der Waals surface area contributed by atoms with Crippen LogP contribution < -0.4 is 10.6 Å². The summed E-state index contributed by atoms with van der Waals surface area (Å²) in [5.41, 5.74) is 9.26. The molecule has 0 bridgehead atoms. The van der Waals surface area contributed by atoms with Crippen molar-refractivity contribution in [1.29, 1.82) is 0 Å². The molecule has 7 heteroatoms. The molecule has 4 rings (SSSR count). The number of aromatic nitrogens is 3. The molecule has 1 atom stereocenters. The number of aliphatic hydroxyl groups is 1. The summed E-state index contributed by atoms with van der Waals surface area (Å²) in [7, 11) is 0. The average molecular weight is 351 g/mol. The predicted molar refractivity (Wildman–Crippen MR) is 101 cm³/mol. The van der Waals surface area contributed by atoms with E-state index in [9.17, 15) is 10.2 Å². The lowest BCUT2D eigenvalue weighted by Gasteiger charge is -2.17. The molecular formula is C19H21N5O2. The molecule has 1 saturated heterocycles. The van der Waals surface area contributed by atoms with Crippen LogP contribution in [0.25, 0.3) is 22.3 Å². The zero-order valence-corrected chi connectivity index (χ0v) is 14.8. The first kappa shape index (κ1) is 16.5. The zero-order chi connectivity index (χ0) is 18.4. The Morgan fingerprint density at radius 2 is 2.00 bits per heavy atom. The first-order valence-corrected chi connectivity index (χ1v) is 8.59. The lowest BCUT2D eigenvalue weighted by molar-refractivity contribution is 0.198. The topological polar surface area (TPSA) is 108 Å². The smallest absolute Gasteiger partial charge is 0.160 e. The van der Waals surface area contributed by atoms with Gasteiger partial charge in [0.2, 0.25) is 0 Å². The van der Waals surface area contributed by atoms with Crippen LogP contribution in [0, 0.1) is 13.8 Å². The largest absolute Gasteiger partial charge is 0.505 e. The highest BCUT2D eigenvalue weighted by Gasteiger charge is 2.22. The first-order chi connectivity index (χ1) is 12.4. The van der Waals surface area contributed by atoms with E-state index in [0.717, 1.165) is 40.8 Å². The number of anilines is 2. The second kappa shape index (κ2) is 6.10. The molecule has 3 heterocycles. The molecule has 1 aliphatic rings. The number of fused-ring (bicyclic) bond motifs is 1. The van der Waals surface area contributed by atoms with Crippen molar-refractivity contribution in [2.75, 3.05) is 23.7 Å². The maximum absolute atomic E-state index is 10.1. The minimum atomic E-state index is -0.296. The van der Waals surface area contributed by atoms with Gasteiger partial charge in [0.15, 0.2) is 5.82 Å². The highest BCUT2D eigenvalue weighted by molar-refractivity contribution is 5.83. The molecule has 1 aromatic carbocycles. The predicted octanol–water partition coefficient (Wildman–Crippen LogP) is 2.17. The molecule has 1 fully saturated rings. The number of hydrogen-bond acceptors (Lipinski definition) is 7. The number of pyridine rings is 1. The third-order valence-corrected chi connectivity index (χ3v) is 4.93. The zero-order valence-electron chi connectivity index (χ0n) is 14.8. The maximum atomic E-state index is 10.1. The van der Waals surface area contributed by atoms with Crippen LogP contribution in [0.4, 0.5) is 11.5 Å². The second-order valence-corrected chi connectivity index (χ2v) is 6.81. The number of phenolic OH excluding ortho intramolecular Hbond substituents is 1. The van der Waals surface area contributed by atoms with E-state index in [1.165, 1.54) is 0 Å². The van der Waals surface area contributed by atoms with E-state index in [1.54, 1.807) is 18.5 Å². The normalized spacial score (nSPS) is 17.2. The second-order valence-electron chi connectivity index (χ2n) is 6.81. The van der Waals surface area contributed by atoms with Crippen LogP contribution in [0.3, 0.4) is 0 Å². The number of phenols is 1. The molecule has 0 unspecified atom stereocenters. The first-order valence-electron chi connectivity index (χ1n) is 8.59. The minimum absolute atomic E-state index is 0.0651. The van der Waals surface area contributed by atoms with Gasteiger partial charge >= 0.3 is 0 Å². The van der Waals surface area contributed by atoms with Gasteiger partial charge in [-0.2, -0.15) is 0 Å². The van der Waals surface area contributed by atoms with Gasteiger partial charge in [-0.3, -0.25) is 0 Å². The standard InChI is InChI=1S/C19H21N5O2/c1-10-5-14(20)18(26)11(2)17(10)19-22-7-12-6-16(21-8-15(12)23-19)24-4-3-13(25)9-24/h5-8,13,25-26H,3-4,9,20H2,1-2H3/t13-/m0/s1. The molecule has 2 aromatic heterocycles. The number of nitrogen functional groups attached to an aromatic ring is 1. The Kier molecular flexibility index (Phi) is 3.88.